The van der Waals surface area contributed by atoms with E-state index in [1.54, 1.807) is 6.92 Å². The van der Waals surface area contributed by atoms with E-state index >= 15 is 0 Å². The average molecular weight is 569 g/mol. The molecule has 15 heteroatoms. The number of H-pyrrole nitrogens is 1. The second-order valence-electron chi connectivity index (χ2n) is 11.2. The van der Waals surface area contributed by atoms with Gasteiger partial charge in [-0.2, -0.15) is 0 Å². The number of nitrogens with one attached hydrogen (secondary N) is 2. The summed E-state index contributed by atoms with van der Waals surface area (Å²) >= 11 is 5.11. The summed E-state index contributed by atoms with van der Waals surface area (Å²) in [6.45, 7) is -2.15. The van der Waals surface area contributed by atoms with Gasteiger partial charge in [0.25, 0.3) is 5.56 Å². The molecule has 1 saturated heterocycles. The van der Waals surface area contributed by atoms with Gasteiger partial charge in [-0.05, 0) is 80.5 Å². The highest BCUT2D eigenvalue weighted by atomic mass is 32.5. The summed E-state index contributed by atoms with van der Waals surface area (Å²) in [7, 11) is 0. The minimum atomic E-state index is -3.67. The molecule has 3 unspecified atom stereocenters. The van der Waals surface area contributed by atoms with Crippen molar-refractivity contribution in [2.24, 2.45) is 28.3 Å². The van der Waals surface area contributed by atoms with Gasteiger partial charge < -0.3 is 24.0 Å². The Morgan fingerprint density at radius 1 is 1.29 bits per heavy atom. The summed E-state index contributed by atoms with van der Waals surface area (Å²) in [4.78, 5) is 52.5. The third-order valence-electron chi connectivity index (χ3n) is 8.42. The lowest BCUT2D eigenvalue weighted by atomic mass is 9.49. The second-order valence-corrected chi connectivity index (χ2v) is 14.0. The number of rotatable bonds is 10. The van der Waals surface area contributed by atoms with E-state index in [-0.39, 0.29) is 37.5 Å². The van der Waals surface area contributed by atoms with E-state index in [9.17, 15) is 19.3 Å². The summed E-state index contributed by atoms with van der Waals surface area (Å²) < 4.78 is 17.9. The number of amides is 1. The molecule has 1 aromatic rings. The van der Waals surface area contributed by atoms with Crippen molar-refractivity contribution in [1.82, 2.24) is 14.9 Å². The predicted octanol–water partition coefficient (Wildman–Crippen LogP) is 2.39. The first-order valence-corrected chi connectivity index (χ1v) is 15.6. The van der Waals surface area contributed by atoms with Crippen molar-refractivity contribution in [2.45, 2.75) is 70.2 Å². The van der Waals surface area contributed by atoms with Crippen LogP contribution in [-0.2, 0) is 30.4 Å². The molecule has 4 saturated carbocycles. The second kappa shape index (κ2) is 10.8. The maximum atomic E-state index is 13.1. The Bertz CT molecular complexity index is 1260. The molecule has 2 heterocycles. The molecule has 4 atom stereocenters. The third-order valence-corrected chi connectivity index (χ3v) is 10.0. The Labute approximate surface area is 224 Å². The molecule has 3 N–H and O–H groups in total. The number of carbonyl (C=O) groups excluding carboxylic acids is 1. The van der Waals surface area contributed by atoms with Gasteiger partial charge in [0.05, 0.1) is 25.4 Å². The highest BCUT2D eigenvalue weighted by molar-refractivity contribution is 8.07. The van der Waals surface area contributed by atoms with Gasteiger partial charge in [-0.1, -0.05) is 5.11 Å². The third kappa shape index (κ3) is 5.77. The van der Waals surface area contributed by atoms with Crippen LogP contribution in [0.1, 0.15) is 56.7 Å². The molecule has 0 spiro atoms. The summed E-state index contributed by atoms with van der Waals surface area (Å²) in [5, 5.41) is 6.69. The number of aryl methyl sites for hydroxylation is 1. The number of hydrogen-bond acceptors (Lipinski definition) is 8. The molecule has 1 aliphatic heterocycles. The zero-order chi connectivity index (χ0) is 27.1. The van der Waals surface area contributed by atoms with Crippen molar-refractivity contribution in [3.8, 4) is 0 Å². The van der Waals surface area contributed by atoms with Crippen LogP contribution in [0.5, 0.6) is 0 Å². The average Bonchev–Trinajstić information content (AvgIpc) is 3.24. The van der Waals surface area contributed by atoms with E-state index in [4.69, 9.17) is 31.1 Å². The van der Waals surface area contributed by atoms with Gasteiger partial charge in [0.2, 0.25) is 5.91 Å². The molecule has 0 aromatic carbocycles. The van der Waals surface area contributed by atoms with Gasteiger partial charge in [0, 0.05) is 35.1 Å². The van der Waals surface area contributed by atoms with Crippen molar-refractivity contribution in [1.29, 1.82) is 0 Å². The maximum absolute atomic E-state index is 13.1. The number of aromatic amines is 1. The first-order chi connectivity index (χ1) is 18.1. The van der Waals surface area contributed by atoms with Crippen molar-refractivity contribution in [3.05, 3.63) is 43.0 Å². The normalized spacial score (nSPS) is 35.0. The van der Waals surface area contributed by atoms with Crippen LogP contribution in [0.4, 0.5) is 0 Å². The van der Waals surface area contributed by atoms with Gasteiger partial charge in [-0.25, -0.2) is 4.79 Å². The monoisotopic (exact) mass is 568 g/mol. The zero-order valence-corrected chi connectivity index (χ0v) is 22.9. The molecule has 13 nitrogen and oxygen atoms in total. The Hall–Kier alpha value is -2.05. The number of carbonyl (C=O) groups is 1. The first kappa shape index (κ1) is 27.5. The van der Waals surface area contributed by atoms with Crippen LogP contribution in [0, 0.1) is 30.1 Å². The van der Waals surface area contributed by atoms with E-state index in [2.05, 4.69) is 20.3 Å². The van der Waals surface area contributed by atoms with Gasteiger partial charge in [-0.15, -0.1) is 0 Å². The molecule has 5 fully saturated rings. The highest BCUT2D eigenvalue weighted by Crippen LogP contribution is 2.60. The first-order valence-electron chi connectivity index (χ1n) is 13.0. The molecule has 1 aromatic heterocycles. The fourth-order valence-electron chi connectivity index (χ4n) is 7.13. The lowest BCUT2D eigenvalue weighted by Crippen LogP contribution is -2.53. The lowest BCUT2D eigenvalue weighted by Gasteiger charge is -2.55. The highest BCUT2D eigenvalue weighted by Gasteiger charge is 2.54. The minimum absolute atomic E-state index is 0.00808. The van der Waals surface area contributed by atoms with Gasteiger partial charge in [0.15, 0.2) is 0 Å². The van der Waals surface area contributed by atoms with Gasteiger partial charge >= 0.3 is 12.4 Å². The lowest BCUT2D eigenvalue weighted by molar-refractivity contribution is -0.146. The van der Waals surface area contributed by atoms with Crippen molar-refractivity contribution >= 4 is 24.4 Å². The van der Waals surface area contributed by atoms with E-state index in [1.165, 1.54) is 30.0 Å². The van der Waals surface area contributed by atoms with E-state index in [0.29, 0.717) is 23.3 Å². The topological polar surface area (TPSA) is 181 Å². The quantitative estimate of drug-likeness (QED) is 0.126. The Balaban J connectivity index is 1.11. The van der Waals surface area contributed by atoms with Crippen molar-refractivity contribution in [2.75, 3.05) is 19.8 Å². The number of hydrogen-bond donors (Lipinski definition) is 3. The summed E-state index contributed by atoms with van der Waals surface area (Å²) in [6.07, 6.45) is 6.59. The van der Waals surface area contributed by atoms with Crippen LogP contribution in [0.3, 0.4) is 0 Å². The Morgan fingerprint density at radius 3 is 2.58 bits per heavy atom. The van der Waals surface area contributed by atoms with E-state index < -0.39 is 36.3 Å². The van der Waals surface area contributed by atoms with Crippen LogP contribution in [0.2, 0.25) is 0 Å². The largest absolute Gasteiger partial charge is 0.353 e. The van der Waals surface area contributed by atoms with Crippen molar-refractivity contribution in [3.63, 3.8) is 0 Å². The maximum Gasteiger partial charge on any atom is 0.330 e. The van der Waals surface area contributed by atoms with Crippen LogP contribution in [0.25, 0.3) is 10.4 Å². The molecule has 1 amide bonds. The Kier molecular flexibility index (Phi) is 7.85. The van der Waals surface area contributed by atoms with Crippen LogP contribution in [-0.4, -0.2) is 52.3 Å². The molecule has 5 aliphatic rings. The molecule has 38 heavy (non-hydrogen) atoms. The van der Waals surface area contributed by atoms with E-state index in [1.807, 2.05) is 0 Å². The van der Waals surface area contributed by atoms with E-state index in [0.717, 1.165) is 19.3 Å². The fourth-order valence-corrected chi connectivity index (χ4v) is 8.27. The standard InChI is InChI=1S/C23H33N6O7PS/c1-13-11-29(22(32)26-20(13)30)19-7-17(27-28-24)18(36-19)12-35-37(33,38)34-3-2-25-21(31)23-8-14-4-15(9-23)6-16(5-14)10-23/h11,14-19H,2-10,12H2,1H3,(H,25,31)(H,33,38)(H,26,30,32)/t14?,15?,16?,17?,18-,19?,23?,37?/m1/s1. The molecule has 6 rings (SSSR count). The number of nitrogens with zero attached hydrogens (tertiary/aromatic N) is 4. The number of ether oxygens (including phenoxy) is 1. The van der Waals surface area contributed by atoms with Crippen LogP contribution >= 0.6 is 6.72 Å². The number of aromatic nitrogens is 2. The molecule has 4 bridgehead atoms. The van der Waals surface area contributed by atoms with Crippen molar-refractivity contribution < 1.29 is 23.5 Å². The molecule has 4 aliphatic carbocycles. The predicted molar refractivity (Wildman–Crippen MR) is 140 cm³/mol. The Morgan fingerprint density at radius 2 is 1.95 bits per heavy atom. The van der Waals surface area contributed by atoms with Crippen LogP contribution in [0.15, 0.2) is 20.9 Å². The zero-order valence-electron chi connectivity index (χ0n) is 21.2. The minimum Gasteiger partial charge on any atom is -0.353 e. The smallest absolute Gasteiger partial charge is 0.330 e. The van der Waals surface area contributed by atoms with Crippen LogP contribution < -0.4 is 16.6 Å². The summed E-state index contributed by atoms with van der Waals surface area (Å²) in [6, 6.07) is -0.696. The van der Waals surface area contributed by atoms with Gasteiger partial charge in [0.1, 0.15) is 6.23 Å². The number of azide groups is 1. The molecule has 0 radical (unpaired) electrons. The molecule has 208 valence electrons. The SMILES string of the molecule is Cc1cn(C2CC(N=[N+]=[N-])[C@@H](COP(O)(=S)OCCNC(=O)C34CC5CC(CC(C5)C3)C4)O2)c(=O)[nH]c1=O. The molecular weight excluding hydrogens is 535 g/mol. The summed E-state index contributed by atoms with van der Waals surface area (Å²) in [5.74, 6) is 2.07. The van der Waals surface area contributed by atoms with Gasteiger partial charge in [-0.3, -0.25) is 19.1 Å². The summed E-state index contributed by atoms with van der Waals surface area (Å²) in [5.41, 5.74) is 7.85. The molecular formula is C23H33N6O7PS. The fraction of sp³-hybridized carbons (Fsp3) is 0.783.